The summed E-state index contributed by atoms with van der Waals surface area (Å²) in [5.41, 5.74) is 28.9. The third-order valence-corrected chi connectivity index (χ3v) is 16.2. The van der Waals surface area contributed by atoms with Crippen molar-refractivity contribution in [3.05, 3.63) is 0 Å². The molecule has 1 aliphatic heterocycles. The van der Waals surface area contributed by atoms with Crippen LogP contribution in [0.1, 0.15) is 58.3 Å². The zero-order valence-corrected chi connectivity index (χ0v) is 27.0. The Morgan fingerprint density at radius 3 is 2.30 bits per heavy atom. The number of fused-ring (bicyclic) bond motifs is 2. The lowest BCUT2D eigenvalue weighted by molar-refractivity contribution is -0.160. The molecule has 43 heavy (non-hydrogen) atoms. The van der Waals surface area contributed by atoms with Gasteiger partial charge in [0, 0.05) is 17.9 Å². The first kappa shape index (κ1) is 29.4. The second kappa shape index (κ2) is 9.09. The highest BCUT2D eigenvalue weighted by Gasteiger charge is 2.81. The summed E-state index contributed by atoms with van der Waals surface area (Å²) in [6, 6.07) is 0. The minimum atomic E-state index is -3.28. The van der Waals surface area contributed by atoms with E-state index in [2.05, 4.69) is 6.92 Å². The Labute approximate surface area is 258 Å². The smallest absolute Gasteiger partial charge is 0.358 e. The second-order valence-corrected chi connectivity index (χ2v) is 19.0. The van der Waals surface area contributed by atoms with E-state index < -0.39 is 48.5 Å². The molecule has 14 heteroatoms. The molecule has 8 rings (SSSR count). The maximum absolute atomic E-state index is 13.3. The lowest BCUT2D eigenvalue weighted by Crippen LogP contribution is -2.65. The molecule has 0 amide bonds. The lowest BCUT2D eigenvalue weighted by Gasteiger charge is -2.48. The molecule has 0 aromatic heterocycles. The Morgan fingerprint density at radius 2 is 1.58 bits per heavy atom. The molecule has 4 bridgehead atoms. The predicted octanol–water partition coefficient (Wildman–Crippen LogP) is 0.253. The van der Waals surface area contributed by atoms with Crippen molar-refractivity contribution in [1.82, 2.24) is 3.11 Å². The van der Waals surface area contributed by atoms with Gasteiger partial charge in [0.2, 0.25) is 35.0 Å². The number of ether oxygens (including phenoxy) is 4. The van der Waals surface area contributed by atoms with Gasteiger partial charge >= 0.3 is 11.9 Å². The van der Waals surface area contributed by atoms with Gasteiger partial charge in [0.15, 0.2) is 0 Å². The summed E-state index contributed by atoms with van der Waals surface area (Å²) in [7, 11) is 1.80. The summed E-state index contributed by atoms with van der Waals surface area (Å²) in [4.78, 5) is 25.7. The van der Waals surface area contributed by atoms with E-state index in [0.717, 1.165) is 38.5 Å². The fourth-order valence-corrected chi connectivity index (χ4v) is 14.2. The molecule has 0 radical (unpaired) electrons. The number of esters is 2. The summed E-state index contributed by atoms with van der Waals surface area (Å²) in [5, 5.41) is 0. The van der Waals surface area contributed by atoms with Crippen LogP contribution in [0, 0.1) is 57.7 Å². The summed E-state index contributed by atoms with van der Waals surface area (Å²) in [6.07, 6.45) is 8.03. The maximum Gasteiger partial charge on any atom is 0.358 e. The molecule has 0 aromatic rings. The predicted molar refractivity (Wildman–Crippen MR) is 160 cm³/mol. The van der Waals surface area contributed by atoms with E-state index in [1.165, 1.54) is 16.0 Å². The van der Waals surface area contributed by atoms with Crippen molar-refractivity contribution in [1.29, 1.82) is 0 Å². The summed E-state index contributed by atoms with van der Waals surface area (Å²) in [5.74, 6) is -2.04. The van der Waals surface area contributed by atoms with Crippen LogP contribution in [0.3, 0.4) is 0 Å². The van der Waals surface area contributed by atoms with Gasteiger partial charge in [-0.15, -0.1) is 3.11 Å². The van der Waals surface area contributed by atoms with Gasteiger partial charge < -0.3 is 18.9 Å². The average Bonchev–Trinajstić information content (AvgIpc) is 3.78. The number of nitrogens with zero attached hydrogens (tertiary/aromatic N) is 1. The van der Waals surface area contributed by atoms with Crippen LogP contribution in [0.25, 0.3) is 0 Å². The molecule has 0 aromatic carbocycles. The molecule has 13 nitrogen and oxygen atoms in total. The van der Waals surface area contributed by atoms with Gasteiger partial charge in [0.05, 0.1) is 25.4 Å². The largest absolute Gasteiger partial charge is 0.462 e. The van der Waals surface area contributed by atoms with Crippen LogP contribution >= 0.6 is 19.6 Å². The van der Waals surface area contributed by atoms with Gasteiger partial charge in [-0.1, -0.05) is 6.92 Å². The lowest BCUT2D eigenvalue weighted by atomic mass is 9.60. The van der Waals surface area contributed by atoms with E-state index in [1.807, 2.05) is 0 Å². The van der Waals surface area contributed by atoms with Crippen molar-refractivity contribution in [2.24, 2.45) is 86.3 Å². The monoisotopic (exact) mass is 716 g/mol. The van der Waals surface area contributed by atoms with E-state index in [9.17, 15) is 12.7 Å². The first-order valence-corrected chi connectivity index (χ1v) is 18.6. The number of halogens is 1. The number of rotatable bonds is 10. The standard InChI is InChI=1S/C29H45IN6O7/c1-25(5-13-3-17-16(13)4-14(6-25)20(17)40-2)11-41-23(38)29(34,35)36-24(30(36)39)43-21-19-10-27(19)8-15-7-26(21,9-18(15)27)12-42-22(37)28(31,32)33/h13-21H,3-12,31-35H2,1-2H3. The van der Waals surface area contributed by atoms with Crippen LogP contribution < -0.4 is 28.7 Å². The Morgan fingerprint density at radius 1 is 0.884 bits per heavy atom. The molecule has 13 atom stereocenters. The van der Waals surface area contributed by atoms with Crippen LogP contribution in [0.4, 0.5) is 0 Å². The second-order valence-electron chi connectivity index (χ2n) is 15.8. The fraction of sp³-hybridized carbons (Fsp3) is 0.897. The van der Waals surface area contributed by atoms with E-state index in [1.54, 1.807) is 7.11 Å². The first-order chi connectivity index (χ1) is 20.1. The van der Waals surface area contributed by atoms with Crippen LogP contribution in [-0.4, -0.2) is 63.0 Å². The van der Waals surface area contributed by atoms with Crippen molar-refractivity contribution in [3.63, 3.8) is 0 Å². The Kier molecular flexibility index (Phi) is 6.22. The first-order valence-electron chi connectivity index (χ1n) is 15.7. The average molecular weight is 717 g/mol. The third-order valence-electron chi connectivity index (χ3n) is 13.1. The van der Waals surface area contributed by atoms with Gasteiger partial charge in [-0.2, -0.15) is 0 Å². The van der Waals surface area contributed by atoms with Gasteiger partial charge in [0.1, 0.15) is 0 Å². The van der Waals surface area contributed by atoms with Crippen molar-refractivity contribution in [3.8, 4) is 0 Å². The third kappa shape index (κ3) is 4.13. The van der Waals surface area contributed by atoms with Crippen molar-refractivity contribution in [2.45, 2.75) is 82.1 Å². The van der Waals surface area contributed by atoms with Gasteiger partial charge in [0.25, 0.3) is 0 Å². The zero-order valence-electron chi connectivity index (χ0n) is 24.8. The van der Waals surface area contributed by atoms with Gasteiger partial charge in [-0.05, 0) is 98.2 Å². The number of carbonyl (C=O) groups excluding carboxylic acids is 2. The Bertz CT molecular complexity index is 1360. The quantitative estimate of drug-likeness (QED) is 0.0887. The number of carbonyl (C=O) groups is 2. The molecular weight excluding hydrogens is 671 g/mol. The van der Waals surface area contributed by atoms with Crippen LogP contribution in [0.2, 0.25) is 0 Å². The molecule has 10 N–H and O–H groups in total. The van der Waals surface area contributed by atoms with Gasteiger partial charge in [-0.3, -0.25) is 31.7 Å². The van der Waals surface area contributed by atoms with E-state index in [-0.39, 0.29) is 46.0 Å². The van der Waals surface area contributed by atoms with E-state index in [0.29, 0.717) is 35.5 Å². The van der Waals surface area contributed by atoms with Crippen LogP contribution in [-0.2, 0) is 31.6 Å². The highest BCUT2D eigenvalue weighted by atomic mass is 127. The highest BCUT2D eigenvalue weighted by molar-refractivity contribution is 14.2. The molecule has 240 valence electrons. The van der Waals surface area contributed by atoms with Crippen LogP contribution in [0.15, 0.2) is 0 Å². The van der Waals surface area contributed by atoms with Crippen molar-refractivity contribution >= 4 is 35.4 Å². The Balaban J connectivity index is 0.933. The SMILES string of the molecule is COC1C2CC3C(CC31)CC(C)(COC(=O)C(N)(N)N1C(OC3C4CC45CC4CC3(COC(=O)C(N)(N)N)CC45)=I1=O)C2. The molecule has 13 unspecified atom stereocenters. The minimum absolute atomic E-state index is 0.0638. The molecular formula is C29H45IN6O7. The molecule has 7 aliphatic carbocycles. The fourth-order valence-electron chi connectivity index (χ4n) is 11.2. The molecule has 7 fully saturated rings. The number of hydrogen-bond donors (Lipinski definition) is 5. The molecule has 1 heterocycles. The topological polar surface area (TPSA) is 221 Å². The number of nitrogens with two attached hydrogens (primary N) is 5. The summed E-state index contributed by atoms with van der Waals surface area (Å²) >= 11 is -3.28. The number of hydrogen-bond acceptors (Lipinski definition) is 12. The van der Waals surface area contributed by atoms with E-state index in [4.69, 9.17) is 47.6 Å². The molecule has 7 saturated carbocycles. The number of methoxy groups -OCH3 is 1. The summed E-state index contributed by atoms with van der Waals surface area (Å²) < 4.78 is 38.4. The summed E-state index contributed by atoms with van der Waals surface area (Å²) in [6.45, 7) is 2.44. The van der Waals surface area contributed by atoms with Crippen molar-refractivity contribution < 1.29 is 31.6 Å². The Hall–Kier alpha value is -0.980. The zero-order chi connectivity index (χ0) is 30.5. The van der Waals surface area contributed by atoms with Gasteiger partial charge in [-0.25, -0.2) is 9.59 Å². The minimum Gasteiger partial charge on any atom is -0.462 e. The van der Waals surface area contributed by atoms with E-state index >= 15 is 0 Å². The maximum atomic E-state index is 13.3. The highest BCUT2D eigenvalue weighted by Crippen LogP contribution is 2.84. The molecule has 1 spiro atoms. The molecule has 8 aliphatic rings. The normalized spacial score (nSPS) is 50.3. The van der Waals surface area contributed by atoms with Crippen molar-refractivity contribution in [2.75, 3.05) is 20.3 Å². The van der Waals surface area contributed by atoms with Crippen LogP contribution in [0.5, 0.6) is 0 Å². The molecule has 0 saturated heterocycles.